The van der Waals surface area contributed by atoms with Gasteiger partial charge in [0, 0.05) is 43.1 Å². The number of benzene rings is 9. The lowest BCUT2D eigenvalue weighted by atomic mass is 9.85. The number of aromatic nitrogens is 3. The molecular formula is C70H65N3. The summed E-state index contributed by atoms with van der Waals surface area (Å²) in [6.45, 7) is 27.9. The Balaban J connectivity index is 1.31. The van der Waals surface area contributed by atoms with Crippen LogP contribution in [0.25, 0.3) is 115 Å². The average molecular weight is 948 g/mol. The maximum absolute atomic E-state index is 2.62. The van der Waals surface area contributed by atoms with Gasteiger partial charge in [-0.25, -0.2) is 0 Å². The van der Waals surface area contributed by atoms with Crippen LogP contribution in [0.1, 0.15) is 105 Å². The van der Waals surface area contributed by atoms with Crippen molar-refractivity contribution in [2.75, 3.05) is 0 Å². The zero-order valence-electron chi connectivity index (χ0n) is 44.6. The lowest BCUT2D eigenvalue weighted by Crippen LogP contribution is -2.10. The SMILES string of the molecule is CC(C)(C)c1ccc2c(c1)c1cc(C(C)(C)C)ccc1n2-c1cc(-n2c3ccc(C(C)(C)C)cc3c3cc(C(C)(C)C)ccc32)c2c3cccc4c5ccccc5c5ccccc5c5ccccc5n(c2c1)c43. The zero-order chi connectivity index (χ0) is 50.7. The summed E-state index contributed by atoms with van der Waals surface area (Å²) in [7, 11) is 0. The third-order valence-electron chi connectivity index (χ3n) is 16.2. The third-order valence-corrected chi connectivity index (χ3v) is 16.2. The normalized spacial score (nSPS) is 13.2. The van der Waals surface area contributed by atoms with E-state index in [-0.39, 0.29) is 21.7 Å². The molecule has 0 fully saturated rings. The molecule has 9 aromatic carbocycles. The van der Waals surface area contributed by atoms with Crippen LogP contribution in [0, 0.1) is 0 Å². The topological polar surface area (TPSA) is 14.3 Å². The van der Waals surface area contributed by atoms with Crippen molar-refractivity contribution < 1.29 is 0 Å². The molecule has 3 heteroatoms. The van der Waals surface area contributed by atoms with E-state index in [0.717, 1.165) is 16.9 Å². The van der Waals surface area contributed by atoms with Crippen LogP contribution in [0.5, 0.6) is 0 Å². The molecule has 0 saturated carbocycles. The molecule has 0 aliphatic rings. The van der Waals surface area contributed by atoms with Crippen molar-refractivity contribution in [3.05, 3.63) is 198 Å². The van der Waals surface area contributed by atoms with Crippen LogP contribution in [0.2, 0.25) is 0 Å². The zero-order valence-corrected chi connectivity index (χ0v) is 44.6. The summed E-state index contributed by atoms with van der Waals surface area (Å²) in [5.41, 5.74) is 15.9. The Morgan fingerprint density at radius 2 is 0.616 bits per heavy atom. The van der Waals surface area contributed by atoms with Crippen molar-refractivity contribution in [3.8, 4) is 11.4 Å². The lowest BCUT2D eigenvalue weighted by Gasteiger charge is -2.20. The number of rotatable bonds is 2. The summed E-state index contributed by atoms with van der Waals surface area (Å²) in [5, 5.41) is 14.9. The van der Waals surface area contributed by atoms with E-state index >= 15 is 0 Å². The largest absolute Gasteiger partial charge is 0.309 e. The van der Waals surface area contributed by atoms with Crippen LogP contribution in [-0.2, 0) is 21.7 Å². The Kier molecular flexibility index (Phi) is 9.58. The molecule has 0 spiro atoms. The highest BCUT2D eigenvalue weighted by molar-refractivity contribution is 6.27. The quantitative estimate of drug-likeness (QED) is 0.164. The van der Waals surface area contributed by atoms with Crippen molar-refractivity contribution in [1.29, 1.82) is 0 Å². The molecule has 0 aliphatic carbocycles. The number of para-hydroxylation sites is 2. The molecule has 0 aliphatic heterocycles. The first kappa shape index (κ1) is 45.3. The average Bonchev–Trinajstić information content (AvgIpc) is 4.01. The van der Waals surface area contributed by atoms with Gasteiger partial charge in [0.2, 0.25) is 0 Å². The fourth-order valence-electron chi connectivity index (χ4n) is 12.2. The van der Waals surface area contributed by atoms with Gasteiger partial charge >= 0.3 is 0 Å². The highest BCUT2D eigenvalue weighted by Crippen LogP contribution is 2.46. The Morgan fingerprint density at radius 1 is 0.260 bits per heavy atom. The lowest BCUT2D eigenvalue weighted by molar-refractivity contribution is 0.590. The van der Waals surface area contributed by atoms with Crippen LogP contribution in [0.15, 0.2) is 176 Å². The maximum Gasteiger partial charge on any atom is 0.0620 e. The first-order valence-corrected chi connectivity index (χ1v) is 26.3. The standard InChI is InChI=1S/C70H65N3/c1-67(2,3)42-28-32-59-54(36-42)55-37-43(68(4,5)6)29-33-60(55)71(59)46-40-63(72-61-34-30-44(69(7,8)9)38-56(61)57-39-45(70(10,11)12)31-35-62(57)72)65-53-26-19-25-52-50-23-16-14-21-48(50)47-20-13-15-22-49(47)51-24-17-18-27-58(51)73(66(52)53)64(65)41-46/h13-41H,1-12H3. The molecule has 0 amide bonds. The van der Waals surface area contributed by atoms with Gasteiger partial charge in [0.15, 0.2) is 0 Å². The number of hydrogen-bond donors (Lipinski definition) is 0. The molecule has 13 aromatic rings. The molecule has 4 aromatic heterocycles. The van der Waals surface area contributed by atoms with Crippen LogP contribution in [-0.4, -0.2) is 13.5 Å². The van der Waals surface area contributed by atoms with Gasteiger partial charge in [0.05, 0.1) is 50.0 Å². The fraction of sp³-hybridized carbons (Fsp3) is 0.229. The minimum absolute atomic E-state index is 0.0143. The van der Waals surface area contributed by atoms with E-state index in [1.165, 1.54) is 120 Å². The van der Waals surface area contributed by atoms with Gasteiger partial charge in [0.25, 0.3) is 0 Å². The summed E-state index contributed by atoms with van der Waals surface area (Å²) in [5.74, 6) is 0. The Labute approximate surface area is 428 Å². The van der Waals surface area contributed by atoms with E-state index in [9.17, 15) is 0 Å². The van der Waals surface area contributed by atoms with Gasteiger partial charge in [-0.3, -0.25) is 0 Å². The smallest absolute Gasteiger partial charge is 0.0620 e. The van der Waals surface area contributed by atoms with Crippen molar-refractivity contribution in [2.45, 2.75) is 105 Å². The number of hydrogen-bond acceptors (Lipinski definition) is 0. The van der Waals surface area contributed by atoms with Gasteiger partial charge in [-0.2, -0.15) is 0 Å². The van der Waals surface area contributed by atoms with E-state index in [1.807, 2.05) is 0 Å². The fourth-order valence-corrected chi connectivity index (χ4v) is 12.2. The van der Waals surface area contributed by atoms with Crippen molar-refractivity contribution in [1.82, 2.24) is 13.5 Å². The molecule has 73 heavy (non-hydrogen) atoms. The van der Waals surface area contributed by atoms with Gasteiger partial charge in [-0.15, -0.1) is 0 Å². The molecule has 360 valence electrons. The number of fused-ring (bicyclic) bond motifs is 16. The molecule has 0 N–H and O–H groups in total. The Morgan fingerprint density at radius 3 is 1.05 bits per heavy atom. The van der Waals surface area contributed by atoms with Crippen LogP contribution >= 0.6 is 0 Å². The van der Waals surface area contributed by atoms with Crippen LogP contribution in [0.4, 0.5) is 0 Å². The molecule has 4 heterocycles. The predicted octanol–water partition coefficient (Wildman–Crippen LogP) is 19.7. The van der Waals surface area contributed by atoms with Crippen LogP contribution in [0.3, 0.4) is 0 Å². The van der Waals surface area contributed by atoms with Crippen molar-refractivity contribution in [2.24, 2.45) is 0 Å². The van der Waals surface area contributed by atoms with E-state index in [0.29, 0.717) is 0 Å². The molecule has 0 atom stereocenters. The summed E-state index contributed by atoms with van der Waals surface area (Å²) in [6, 6.07) is 68.1. The summed E-state index contributed by atoms with van der Waals surface area (Å²) < 4.78 is 7.79. The summed E-state index contributed by atoms with van der Waals surface area (Å²) >= 11 is 0. The van der Waals surface area contributed by atoms with Crippen LogP contribution < -0.4 is 0 Å². The maximum atomic E-state index is 2.62. The molecule has 3 nitrogen and oxygen atoms in total. The van der Waals surface area contributed by atoms with Crippen molar-refractivity contribution >= 4 is 103 Å². The van der Waals surface area contributed by atoms with E-state index in [2.05, 4.69) is 273 Å². The van der Waals surface area contributed by atoms with Crippen molar-refractivity contribution in [3.63, 3.8) is 0 Å². The first-order valence-electron chi connectivity index (χ1n) is 26.3. The molecule has 0 unspecified atom stereocenters. The molecule has 0 saturated heterocycles. The minimum atomic E-state index is -0.0230. The molecular weight excluding hydrogens is 883 g/mol. The molecule has 0 radical (unpaired) electrons. The highest BCUT2D eigenvalue weighted by atomic mass is 15.0. The number of nitrogens with zero attached hydrogens (tertiary/aromatic N) is 3. The van der Waals surface area contributed by atoms with Gasteiger partial charge in [0.1, 0.15) is 0 Å². The van der Waals surface area contributed by atoms with Gasteiger partial charge in [-0.05, 0) is 132 Å². The summed E-state index contributed by atoms with van der Waals surface area (Å²) in [4.78, 5) is 0. The molecule has 0 bridgehead atoms. The summed E-state index contributed by atoms with van der Waals surface area (Å²) in [6.07, 6.45) is 0. The minimum Gasteiger partial charge on any atom is -0.309 e. The monoisotopic (exact) mass is 948 g/mol. The van der Waals surface area contributed by atoms with E-state index < -0.39 is 0 Å². The predicted molar refractivity (Wildman–Crippen MR) is 317 cm³/mol. The van der Waals surface area contributed by atoms with Gasteiger partial charge < -0.3 is 13.5 Å². The second-order valence-corrected chi connectivity index (χ2v) is 25.1. The second kappa shape index (κ2) is 15.4. The third kappa shape index (κ3) is 6.84. The first-order chi connectivity index (χ1) is 34.8. The second-order valence-electron chi connectivity index (χ2n) is 25.1. The van der Waals surface area contributed by atoms with E-state index in [4.69, 9.17) is 0 Å². The van der Waals surface area contributed by atoms with Gasteiger partial charge in [-0.1, -0.05) is 192 Å². The Hall–Kier alpha value is -7.62. The highest BCUT2D eigenvalue weighted by Gasteiger charge is 2.27. The Bertz CT molecular complexity index is 4370. The molecule has 13 rings (SSSR count). The van der Waals surface area contributed by atoms with E-state index in [1.54, 1.807) is 0 Å².